The molecule has 1 aliphatic heterocycles. The summed E-state index contributed by atoms with van der Waals surface area (Å²) in [5, 5.41) is 10.2. The van der Waals surface area contributed by atoms with E-state index in [4.69, 9.17) is 15.6 Å². The fourth-order valence-electron chi connectivity index (χ4n) is 3.97. The van der Waals surface area contributed by atoms with E-state index in [-0.39, 0.29) is 11.3 Å². The van der Waals surface area contributed by atoms with Gasteiger partial charge in [-0.15, -0.1) is 0 Å². The molecule has 1 aromatic heterocycles. The summed E-state index contributed by atoms with van der Waals surface area (Å²) in [6.07, 6.45) is 0.662. The maximum absolute atomic E-state index is 15.3. The van der Waals surface area contributed by atoms with Crippen LogP contribution in [0.2, 0.25) is 0 Å². The lowest BCUT2D eigenvalue weighted by Crippen LogP contribution is -2.23. The second kappa shape index (κ2) is 9.19. The van der Waals surface area contributed by atoms with Crippen molar-refractivity contribution in [2.24, 2.45) is 11.7 Å². The van der Waals surface area contributed by atoms with E-state index < -0.39 is 17.7 Å². The van der Waals surface area contributed by atoms with Gasteiger partial charge in [0.25, 0.3) is 0 Å². The summed E-state index contributed by atoms with van der Waals surface area (Å²) in [5.74, 6) is -0.570. The quantitative estimate of drug-likeness (QED) is 0.517. The zero-order valence-electron chi connectivity index (χ0n) is 18.8. The molecule has 0 bridgehead atoms. The molecule has 2 amide bonds. The molecule has 0 fully saturated rings. The number of hydrogen-bond donors (Lipinski definition) is 3. The maximum Gasteiger partial charge on any atom is 0.316 e. The zero-order valence-corrected chi connectivity index (χ0v) is 18.8. The average molecular weight is 456 g/mol. The largest absolute Gasteiger partial charge is 0.491 e. The van der Waals surface area contributed by atoms with Gasteiger partial charge in [-0.25, -0.2) is 18.3 Å². The van der Waals surface area contributed by atoms with Gasteiger partial charge in [-0.1, -0.05) is 26.0 Å². The van der Waals surface area contributed by atoms with Crippen LogP contribution in [0.5, 0.6) is 5.75 Å². The maximum atomic E-state index is 15.3. The van der Waals surface area contributed by atoms with Gasteiger partial charge in [0.1, 0.15) is 23.1 Å². The van der Waals surface area contributed by atoms with Crippen molar-refractivity contribution in [3.05, 3.63) is 58.8 Å². The van der Waals surface area contributed by atoms with Crippen LogP contribution in [-0.2, 0) is 13.0 Å². The van der Waals surface area contributed by atoms with E-state index in [2.05, 4.69) is 24.5 Å². The van der Waals surface area contributed by atoms with Crippen LogP contribution >= 0.6 is 0 Å². The second-order valence-electron chi connectivity index (χ2n) is 8.54. The standard InChI is InChI=1S/C24H27F2N5O2/c1-13(2)12-33-21-6-4-5-14(3)22(21)31-23(16-11-28-8-7-19(16)30-31)15-9-18(26)20(10-17(15)25)29-24(27)32/h4-6,9-10,13,28H,7-8,11-12H2,1-3H3,(H3,27,29,32). The number of urea groups is 1. The van der Waals surface area contributed by atoms with Gasteiger partial charge in [0.05, 0.1) is 23.7 Å². The molecule has 2 heterocycles. The monoisotopic (exact) mass is 455 g/mol. The minimum Gasteiger partial charge on any atom is -0.491 e. The van der Waals surface area contributed by atoms with E-state index in [1.807, 2.05) is 25.1 Å². The molecule has 0 aliphatic carbocycles. The molecule has 0 atom stereocenters. The molecule has 0 spiro atoms. The smallest absolute Gasteiger partial charge is 0.316 e. The predicted octanol–water partition coefficient (Wildman–Crippen LogP) is 4.30. The number of fused-ring (bicyclic) bond motifs is 1. The molecule has 174 valence electrons. The Morgan fingerprint density at radius 2 is 2.09 bits per heavy atom. The molecule has 3 aromatic rings. The zero-order chi connectivity index (χ0) is 23.7. The number of para-hydroxylation sites is 1. The highest BCUT2D eigenvalue weighted by atomic mass is 19.1. The fourth-order valence-corrected chi connectivity index (χ4v) is 3.97. The van der Waals surface area contributed by atoms with Crippen molar-refractivity contribution in [1.82, 2.24) is 15.1 Å². The van der Waals surface area contributed by atoms with Crippen LogP contribution in [0.15, 0.2) is 30.3 Å². The molecule has 0 radical (unpaired) electrons. The topological polar surface area (TPSA) is 94.2 Å². The van der Waals surface area contributed by atoms with Crippen molar-refractivity contribution in [3.63, 3.8) is 0 Å². The first kappa shape index (κ1) is 22.7. The molecule has 4 rings (SSSR count). The third-order valence-corrected chi connectivity index (χ3v) is 5.46. The SMILES string of the molecule is Cc1cccc(OCC(C)C)c1-n1nc2c(c1-c1cc(F)c(NC(N)=O)cc1F)CNCC2. The van der Waals surface area contributed by atoms with Gasteiger partial charge in [0, 0.05) is 36.7 Å². The minimum absolute atomic E-state index is 0.0398. The van der Waals surface area contributed by atoms with Crippen molar-refractivity contribution < 1.29 is 18.3 Å². The predicted molar refractivity (Wildman–Crippen MR) is 123 cm³/mol. The number of aryl methyl sites for hydroxylation is 1. The van der Waals surface area contributed by atoms with E-state index in [1.54, 1.807) is 4.68 Å². The molecular formula is C24H27F2N5O2. The number of primary amides is 1. The number of halogens is 2. The molecule has 7 nitrogen and oxygen atoms in total. The molecule has 33 heavy (non-hydrogen) atoms. The highest BCUT2D eigenvalue weighted by molar-refractivity contribution is 5.88. The number of aromatic nitrogens is 2. The van der Waals surface area contributed by atoms with Crippen molar-refractivity contribution in [1.29, 1.82) is 0 Å². The number of rotatable bonds is 6. The highest BCUT2D eigenvalue weighted by Gasteiger charge is 2.27. The summed E-state index contributed by atoms with van der Waals surface area (Å²) in [6, 6.07) is 6.70. The van der Waals surface area contributed by atoms with Crippen LogP contribution < -0.4 is 21.1 Å². The van der Waals surface area contributed by atoms with Crippen LogP contribution in [-0.4, -0.2) is 29.0 Å². The van der Waals surface area contributed by atoms with Crippen molar-refractivity contribution >= 4 is 11.7 Å². The first-order chi connectivity index (χ1) is 15.8. The van der Waals surface area contributed by atoms with Gasteiger partial charge in [-0.05, 0) is 30.5 Å². The van der Waals surface area contributed by atoms with Gasteiger partial charge in [-0.2, -0.15) is 5.10 Å². The molecule has 0 saturated carbocycles. The van der Waals surface area contributed by atoms with E-state index in [1.165, 1.54) is 0 Å². The Kier molecular flexibility index (Phi) is 6.33. The highest BCUT2D eigenvalue weighted by Crippen LogP contribution is 2.38. The number of ether oxygens (including phenoxy) is 1. The number of carbonyl (C=O) groups excluding carboxylic acids is 1. The Hall–Kier alpha value is -3.46. The Bertz CT molecular complexity index is 1210. The Morgan fingerprint density at radius 3 is 2.82 bits per heavy atom. The molecular weight excluding hydrogens is 428 g/mol. The summed E-state index contributed by atoms with van der Waals surface area (Å²) < 4.78 is 37.8. The van der Waals surface area contributed by atoms with Crippen LogP contribution in [0.25, 0.3) is 16.9 Å². The second-order valence-corrected chi connectivity index (χ2v) is 8.54. The molecule has 2 aromatic carbocycles. The van der Waals surface area contributed by atoms with E-state index >= 15 is 4.39 Å². The van der Waals surface area contributed by atoms with Crippen LogP contribution in [0.3, 0.4) is 0 Å². The lowest BCUT2D eigenvalue weighted by Gasteiger charge is -2.18. The number of nitrogens with one attached hydrogen (secondary N) is 2. The molecule has 1 aliphatic rings. The van der Waals surface area contributed by atoms with E-state index in [0.29, 0.717) is 42.6 Å². The van der Waals surface area contributed by atoms with E-state index in [0.717, 1.165) is 35.5 Å². The van der Waals surface area contributed by atoms with Crippen molar-refractivity contribution in [2.45, 2.75) is 33.7 Å². The number of anilines is 1. The lowest BCUT2D eigenvalue weighted by molar-refractivity contribution is 0.259. The Labute approximate surface area is 190 Å². The normalized spacial score (nSPS) is 13.2. The third kappa shape index (κ3) is 4.54. The van der Waals surface area contributed by atoms with E-state index in [9.17, 15) is 9.18 Å². The van der Waals surface area contributed by atoms with Crippen LogP contribution in [0.4, 0.5) is 19.3 Å². The summed E-state index contributed by atoms with van der Waals surface area (Å²) in [4.78, 5) is 11.1. The number of carbonyl (C=O) groups is 1. The number of nitrogens with two attached hydrogens (primary N) is 1. The number of benzene rings is 2. The third-order valence-electron chi connectivity index (χ3n) is 5.46. The van der Waals surface area contributed by atoms with Gasteiger partial charge in [-0.3, -0.25) is 0 Å². The molecule has 0 saturated heterocycles. The Balaban J connectivity index is 1.94. The van der Waals surface area contributed by atoms with Crippen LogP contribution in [0, 0.1) is 24.5 Å². The Morgan fingerprint density at radius 1 is 1.30 bits per heavy atom. The van der Waals surface area contributed by atoms with Gasteiger partial charge >= 0.3 is 6.03 Å². The van der Waals surface area contributed by atoms with Gasteiger partial charge in [0.2, 0.25) is 0 Å². The number of hydrogen-bond acceptors (Lipinski definition) is 4. The van der Waals surface area contributed by atoms with Gasteiger partial charge in [0.15, 0.2) is 0 Å². The molecule has 0 unspecified atom stereocenters. The van der Waals surface area contributed by atoms with Crippen molar-refractivity contribution in [3.8, 4) is 22.7 Å². The lowest BCUT2D eigenvalue weighted by atomic mass is 10.0. The van der Waals surface area contributed by atoms with Gasteiger partial charge < -0.3 is 21.1 Å². The average Bonchev–Trinajstić information content (AvgIpc) is 3.13. The van der Waals surface area contributed by atoms with Crippen molar-refractivity contribution in [2.75, 3.05) is 18.5 Å². The minimum atomic E-state index is -0.973. The number of nitrogens with zero attached hydrogens (tertiary/aromatic N) is 2. The summed E-state index contributed by atoms with van der Waals surface area (Å²) in [6.45, 7) is 7.76. The first-order valence-corrected chi connectivity index (χ1v) is 10.9. The van der Waals surface area contributed by atoms with Crippen LogP contribution in [0.1, 0.15) is 30.7 Å². The fraction of sp³-hybridized carbons (Fsp3) is 0.333. The summed E-state index contributed by atoms with van der Waals surface area (Å²) >= 11 is 0. The summed E-state index contributed by atoms with van der Waals surface area (Å²) in [5.41, 5.74) is 8.43. The molecule has 9 heteroatoms. The molecule has 4 N–H and O–H groups in total. The number of amides is 2. The first-order valence-electron chi connectivity index (χ1n) is 10.9. The summed E-state index contributed by atoms with van der Waals surface area (Å²) in [7, 11) is 0.